The normalized spacial score (nSPS) is 20.4. The second-order valence-corrected chi connectivity index (χ2v) is 31.9. The Bertz CT molecular complexity index is 1690. The minimum absolute atomic E-state index is 0.127. The Labute approximate surface area is 270 Å². The molecule has 7 rings (SSSR count). The van der Waals surface area contributed by atoms with E-state index < -0.39 is 20.0 Å². The minimum atomic E-state index is -3.13. The van der Waals surface area contributed by atoms with E-state index in [9.17, 15) is 0 Å². The molecule has 2 unspecified atom stereocenters. The molecule has 2 atom stereocenters. The van der Waals surface area contributed by atoms with Crippen molar-refractivity contribution in [2.24, 2.45) is 5.41 Å². The summed E-state index contributed by atoms with van der Waals surface area (Å²) in [5, 5.41) is 0. The summed E-state index contributed by atoms with van der Waals surface area (Å²) < 4.78 is 6.84. The second kappa shape index (κ2) is 10.9. The van der Waals surface area contributed by atoms with Crippen LogP contribution in [0.4, 0.5) is 0 Å². The zero-order valence-corrected chi connectivity index (χ0v) is 31.7. The van der Waals surface area contributed by atoms with Crippen molar-refractivity contribution in [2.75, 3.05) is 0 Å². The van der Waals surface area contributed by atoms with Gasteiger partial charge in [-0.1, -0.05) is 0 Å². The van der Waals surface area contributed by atoms with Crippen molar-refractivity contribution in [1.82, 2.24) is 0 Å². The van der Waals surface area contributed by atoms with Crippen LogP contribution in [0.15, 0.2) is 83.9 Å². The molecule has 0 aromatic heterocycles. The van der Waals surface area contributed by atoms with Crippen LogP contribution >= 0.6 is 0 Å². The predicted octanol–water partition coefficient (Wildman–Crippen LogP) is 12.7. The van der Waals surface area contributed by atoms with Crippen LogP contribution in [-0.4, -0.2) is 0 Å². The summed E-state index contributed by atoms with van der Waals surface area (Å²) >= 11 is -3.13. The molecule has 1 aliphatic heterocycles. The summed E-state index contributed by atoms with van der Waals surface area (Å²) in [7, 11) is 0. The van der Waals surface area contributed by atoms with Crippen molar-refractivity contribution in [3.8, 4) is 22.3 Å². The Balaban J connectivity index is 1.51. The third-order valence-corrected chi connectivity index (χ3v) is 26.7. The summed E-state index contributed by atoms with van der Waals surface area (Å²) in [5.41, 5.74) is 21.3. The zero-order chi connectivity index (χ0) is 31.0. The van der Waals surface area contributed by atoms with E-state index in [1.165, 1.54) is 81.3 Å². The summed E-state index contributed by atoms with van der Waals surface area (Å²) in [4.78, 5) is 0. The Morgan fingerprint density at radius 3 is 1.27 bits per heavy atom. The number of rotatable bonds is 6. The molecule has 0 radical (unpaired) electrons. The number of hydrogen-bond donors (Lipinski definition) is 0. The van der Waals surface area contributed by atoms with E-state index in [2.05, 4.69) is 136 Å². The second-order valence-electron chi connectivity index (χ2n) is 14.6. The molecule has 3 aliphatic rings. The average molecular weight is 743 g/mol. The van der Waals surface area contributed by atoms with Gasteiger partial charge in [0.2, 0.25) is 0 Å². The topological polar surface area (TPSA) is 0 Å². The van der Waals surface area contributed by atoms with Gasteiger partial charge in [0.15, 0.2) is 0 Å². The van der Waals surface area contributed by atoms with Crippen LogP contribution in [-0.2, 0) is 20.0 Å². The first-order valence-corrected chi connectivity index (χ1v) is 28.3. The fourth-order valence-corrected chi connectivity index (χ4v) is 27.1. The summed E-state index contributed by atoms with van der Waals surface area (Å²) in [6.45, 7) is 14.0. The Morgan fingerprint density at radius 2 is 0.909 bits per heavy atom. The fraction of sp³-hybridized carbons (Fsp3) is 0.349. The van der Waals surface area contributed by atoms with Crippen molar-refractivity contribution in [3.05, 3.63) is 128 Å². The standard InChI is InChI=1S/C41H42.2CH3.Hf/c1-7-21-41(22-8-2,33-23-31-17-11-19-35(37(31)25-33)39-27(3)13-9-14-28(39)4)34-24-32-18-12-20-36(38(32)26-34)40-29(5)15-10-16-30(40)6;;;/h9-20,23-26H,7-8,21-22H2,1-6H3;2*1H3;. The molecular formula is C43H48Hf. The molecule has 1 saturated heterocycles. The molecule has 44 heavy (non-hydrogen) atoms. The van der Waals surface area contributed by atoms with E-state index in [0.29, 0.717) is 7.35 Å². The molecule has 1 heterocycles. The van der Waals surface area contributed by atoms with Crippen LogP contribution in [0.5, 0.6) is 0 Å². The SMILES string of the molecule is CCCC1(CCC)C2=Cc3c(-c4c(C)cccc4C)cccc3[CH]2[Hf]([CH3])([CH3])[CH]2C1=Cc1c(-c3c(C)cccc3C)cccc12. The molecular weight excluding hydrogens is 695 g/mol. The molecule has 2 aliphatic carbocycles. The monoisotopic (exact) mass is 744 g/mol. The van der Waals surface area contributed by atoms with E-state index in [0.717, 1.165) is 0 Å². The molecule has 0 nitrogen and oxygen atoms in total. The molecule has 0 spiro atoms. The van der Waals surface area contributed by atoms with Gasteiger partial charge in [0.1, 0.15) is 0 Å². The molecule has 4 aromatic rings. The first-order chi connectivity index (χ1) is 21.2. The molecule has 1 heteroatoms. The maximum atomic E-state index is 2.80. The fourth-order valence-electron chi connectivity index (χ4n) is 10.0. The first kappa shape index (κ1) is 29.9. The summed E-state index contributed by atoms with van der Waals surface area (Å²) in [6, 6.07) is 28.2. The van der Waals surface area contributed by atoms with Gasteiger partial charge < -0.3 is 0 Å². The van der Waals surface area contributed by atoms with Crippen LogP contribution in [0.2, 0.25) is 9.36 Å². The van der Waals surface area contributed by atoms with Gasteiger partial charge in [0.25, 0.3) is 0 Å². The van der Waals surface area contributed by atoms with Gasteiger partial charge >= 0.3 is 272 Å². The van der Waals surface area contributed by atoms with E-state index >= 15 is 0 Å². The van der Waals surface area contributed by atoms with Crippen molar-refractivity contribution >= 4 is 12.2 Å². The van der Waals surface area contributed by atoms with Gasteiger partial charge in [-0.05, 0) is 0 Å². The first-order valence-electron chi connectivity index (χ1n) is 17.0. The van der Waals surface area contributed by atoms with Gasteiger partial charge in [-0.3, -0.25) is 0 Å². The van der Waals surface area contributed by atoms with Gasteiger partial charge in [0.05, 0.1) is 0 Å². The molecule has 0 saturated carbocycles. The molecule has 1 fully saturated rings. The Hall–Kier alpha value is -2.77. The third-order valence-electron chi connectivity index (χ3n) is 11.6. The Kier molecular flexibility index (Phi) is 7.44. The number of hydrogen-bond acceptors (Lipinski definition) is 0. The number of allylic oxidation sites excluding steroid dienone is 2. The average Bonchev–Trinajstić information content (AvgIpc) is 3.59. The van der Waals surface area contributed by atoms with Crippen LogP contribution in [0, 0.1) is 33.1 Å². The van der Waals surface area contributed by atoms with E-state index in [1.807, 2.05) is 0 Å². The Morgan fingerprint density at radius 1 is 0.545 bits per heavy atom. The van der Waals surface area contributed by atoms with Crippen molar-refractivity contribution < 1.29 is 20.0 Å². The van der Waals surface area contributed by atoms with Crippen molar-refractivity contribution in [2.45, 2.75) is 83.9 Å². The van der Waals surface area contributed by atoms with Gasteiger partial charge in [0, 0.05) is 0 Å². The molecule has 0 amide bonds. The molecule has 224 valence electrons. The molecule has 0 N–H and O–H groups in total. The number of benzene rings is 4. The van der Waals surface area contributed by atoms with E-state index in [-0.39, 0.29) is 5.41 Å². The zero-order valence-electron chi connectivity index (χ0n) is 28.1. The van der Waals surface area contributed by atoms with Crippen LogP contribution in [0.3, 0.4) is 0 Å². The quantitative estimate of drug-likeness (QED) is 0.173. The molecule has 4 aromatic carbocycles. The number of aryl methyl sites for hydroxylation is 4. The van der Waals surface area contributed by atoms with Crippen LogP contribution in [0.25, 0.3) is 34.4 Å². The van der Waals surface area contributed by atoms with E-state index in [4.69, 9.17) is 0 Å². The predicted molar refractivity (Wildman–Crippen MR) is 188 cm³/mol. The summed E-state index contributed by atoms with van der Waals surface area (Å²) in [5.74, 6) is 0. The van der Waals surface area contributed by atoms with Gasteiger partial charge in [-0.15, -0.1) is 0 Å². The van der Waals surface area contributed by atoms with Crippen molar-refractivity contribution in [3.63, 3.8) is 0 Å². The summed E-state index contributed by atoms with van der Waals surface area (Å²) in [6.07, 6.45) is 10.4. The van der Waals surface area contributed by atoms with Crippen LogP contribution < -0.4 is 0 Å². The van der Waals surface area contributed by atoms with Gasteiger partial charge in [-0.25, -0.2) is 0 Å². The maximum absolute atomic E-state index is 3.13. The van der Waals surface area contributed by atoms with E-state index in [1.54, 1.807) is 22.3 Å². The number of fused-ring (bicyclic) bond motifs is 6. The third kappa shape index (κ3) is 4.17. The molecule has 0 bridgehead atoms. The van der Waals surface area contributed by atoms with Gasteiger partial charge in [-0.2, -0.15) is 0 Å². The van der Waals surface area contributed by atoms with Crippen molar-refractivity contribution in [1.29, 1.82) is 0 Å². The van der Waals surface area contributed by atoms with Crippen LogP contribution in [0.1, 0.15) is 91.4 Å².